The number of hydrogen-bond donors (Lipinski definition) is 0. The molecule has 22 heavy (non-hydrogen) atoms. The number of benzene rings is 1. The number of ether oxygens (including phenoxy) is 2. The largest absolute Gasteiger partial charge is 0.469 e. The predicted molar refractivity (Wildman–Crippen MR) is 86.9 cm³/mol. The first-order valence-corrected chi connectivity index (χ1v) is 8.15. The number of carbonyl (C=O) groups excluding carboxylic acids is 1. The van der Waals surface area contributed by atoms with Crippen LogP contribution in [0.15, 0.2) is 24.3 Å². The van der Waals surface area contributed by atoms with Crippen molar-refractivity contribution in [2.24, 2.45) is 5.92 Å². The normalized spacial score (nSPS) is 17.2. The van der Waals surface area contributed by atoms with E-state index in [4.69, 9.17) is 9.47 Å². The van der Waals surface area contributed by atoms with Gasteiger partial charge in [-0.05, 0) is 36.9 Å². The van der Waals surface area contributed by atoms with E-state index in [1.165, 1.54) is 24.7 Å². The zero-order valence-electron chi connectivity index (χ0n) is 13.7. The average molecular weight is 305 g/mol. The van der Waals surface area contributed by atoms with Crippen LogP contribution in [0.2, 0.25) is 0 Å². The van der Waals surface area contributed by atoms with Gasteiger partial charge < -0.3 is 9.47 Å². The van der Waals surface area contributed by atoms with E-state index in [0.29, 0.717) is 0 Å². The van der Waals surface area contributed by atoms with Crippen molar-refractivity contribution >= 4 is 5.97 Å². The number of morpholine rings is 1. The quantitative estimate of drug-likeness (QED) is 0.725. The zero-order valence-corrected chi connectivity index (χ0v) is 13.7. The summed E-state index contributed by atoms with van der Waals surface area (Å²) in [6.07, 6.45) is 3.02. The average Bonchev–Trinajstić information content (AvgIpc) is 2.56. The highest BCUT2D eigenvalue weighted by atomic mass is 16.5. The Morgan fingerprint density at radius 3 is 2.50 bits per heavy atom. The predicted octanol–water partition coefficient (Wildman–Crippen LogP) is 2.30. The number of carbonyl (C=O) groups is 1. The van der Waals surface area contributed by atoms with E-state index in [1.54, 1.807) is 0 Å². The van der Waals surface area contributed by atoms with Crippen molar-refractivity contribution in [3.63, 3.8) is 0 Å². The molecule has 4 heteroatoms. The first kappa shape index (κ1) is 17.0. The van der Waals surface area contributed by atoms with Crippen molar-refractivity contribution in [1.29, 1.82) is 0 Å². The summed E-state index contributed by atoms with van der Waals surface area (Å²) in [6, 6.07) is 8.62. The summed E-state index contributed by atoms with van der Waals surface area (Å²) >= 11 is 0. The zero-order chi connectivity index (χ0) is 15.8. The van der Waals surface area contributed by atoms with Crippen LogP contribution >= 0.6 is 0 Å². The molecule has 122 valence electrons. The SMILES string of the molecule is COC(=O)[C@H](C)Cc1ccc(CCCN2CCOCC2)cc1. The molecular formula is C18H27NO3. The molecule has 0 N–H and O–H groups in total. The molecular weight excluding hydrogens is 278 g/mol. The summed E-state index contributed by atoms with van der Waals surface area (Å²) in [5, 5.41) is 0. The van der Waals surface area contributed by atoms with Crippen LogP contribution in [-0.4, -0.2) is 50.8 Å². The summed E-state index contributed by atoms with van der Waals surface area (Å²) < 4.78 is 10.1. The van der Waals surface area contributed by atoms with Gasteiger partial charge in [0.2, 0.25) is 0 Å². The van der Waals surface area contributed by atoms with Crippen LogP contribution in [0.5, 0.6) is 0 Å². The number of esters is 1. The molecule has 0 aromatic heterocycles. The lowest BCUT2D eigenvalue weighted by atomic mass is 9.99. The van der Waals surface area contributed by atoms with Gasteiger partial charge in [-0.1, -0.05) is 31.2 Å². The standard InChI is InChI=1S/C18H27NO3/c1-15(18(20)21-2)14-17-7-5-16(6-8-17)4-3-9-19-10-12-22-13-11-19/h5-8,15H,3-4,9-14H2,1-2H3/t15-/m1/s1. The van der Waals surface area contributed by atoms with Gasteiger partial charge in [-0.15, -0.1) is 0 Å². The van der Waals surface area contributed by atoms with E-state index in [1.807, 2.05) is 6.92 Å². The number of rotatable bonds is 7. The second-order valence-corrected chi connectivity index (χ2v) is 6.00. The van der Waals surface area contributed by atoms with Crippen LogP contribution in [0.25, 0.3) is 0 Å². The van der Waals surface area contributed by atoms with Gasteiger partial charge in [0.05, 0.1) is 26.2 Å². The molecule has 0 saturated carbocycles. The van der Waals surface area contributed by atoms with E-state index in [9.17, 15) is 4.79 Å². The number of aryl methyl sites for hydroxylation is 1. The number of nitrogens with zero attached hydrogens (tertiary/aromatic N) is 1. The van der Waals surface area contributed by atoms with Crippen LogP contribution in [0.1, 0.15) is 24.5 Å². The first-order chi connectivity index (χ1) is 10.7. The van der Waals surface area contributed by atoms with Gasteiger partial charge in [-0.3, -0.25) is 9.69 Å². The molecule has 4 nitrogen and oxygen atoms in total. The van der Waals surface area contributed by atoms with Crippen molar-refractivity contribution in [2.45, 2.75) is 26.2 Å². The van der Waals surface area contributed by atoms with Crippen LogP contribution in [0, 0.1) is 5.92 Å². The van der Waals surface area contributed by atoms with E-state index in [0.717, 1.165) is 45.7 Å². The Hall–Kier alpha value is -1.39. The molecule has 0 bridgehead atoms. The van der Waals surface area contributed by atoms with Gasteiger partial charge in [0.15, 0.2) is 0 Å². The Bertz CT molecular complexity index is 452. The van der Waals surface area contributed by atoms with Gasteiger partial charge in [0.25, 0.3) is 0 Å². The van der Waals surface area contributed by atoms with Gasteiger partial charge in [-0.2, -0.15) is 0 Å². The van der Waals surface area contributed by atoms with Gasteiger partial charge in [0, 0.05) is 13.1 Å². The fourth-order valence-corrected chi connectivity index (χ4v) is 2.81. The third kappa shape index (κ3) is 5.43. The summed E-state index contributed by atoms with van der Waals surface area (Å²) in [7, 11) is 1.44. The minimum absolute atomic E-state index is 0.0860. The molecule has 2 rings (SSSR count). The summed E-state index contributed by atoms with van der Waals surface area (Å²) in [5.74, 6) is -0.230. The lowest BCUT2D eigenvalue weighted by Gasteiger charge is -2.26. The third-order valence-corrected chi connectivity index (χ3v) is 4.21. The monoisotopic (exact) mass is 305 g/mol. The maximum atomic E-state index is 11.4. The summed E-state index contributed by atoms with van der Waals surface area (Å²) in [6.45, 7) is 6.90. The second-order valence-electron chi connectivity index (χ2n) is 6.00. The molecule has 0 radical (unpaired) electrons. The number of hydrogen-bond acceptors (Lipinski definition) is 4. The molecule has 1 saturated heterocycles. The highest BCUT2D eigenvalue weighted by Gasteiger charge is 2.13. The second kappa shape index (κ2) is 8.91. The molecule has 0 aliphatic carbocycles. The summed E-state index contributed by atoms with van der Waals surface area (Å²) in [5.41, 5.74) is 2.55. The van der Waals surface area contributed by atoms with Crippen LogP contribution < -0.4 is 0 Å². The Balaban J connectivity index is 1.73. The smallest absolute Gasteiger partial charge is 0.308 e. The van der Waals surface area contributed by atoms with Gasteiger partial charge >= 0.3 is 5.97 Å². The number of methoxy groups -OCH3 is 1. The van der Waals surface area contributed by atoms with Crippen molar-refractivity contribution in [3.05, 3.63) is 35.4 Å². The van der Waals surface area contributed by atoms with Crippen LogP contribution in [-0.2, 0) is 27.1 Å². The van der Waals surface area contributed by atoms with E-state index >= 15 is 0 Å². The fourth-order valence-electron chi connectivity index (χ4n) is 2.81. The first-order valence-electron chi connectivity index (χ1n) is 8.15. The maximum Gasteiger partial charge on any atom is 0.308 e. The molecule has 1 aliphatic rings. The van der Waals surface area contributed by atoms with E-state index in [2.05, 4.69) is 29.2 Å². The Morgan fingerprint density at radius 1 is 1.23 bits per heavy atom. The van der Waals surface area contributed by atoms with E-state index in [-0.39, 0.29) is 11.9 Å². The molecule has 1 fully saturated rings. The lowest BCUT2D eigenvalue weighted by Crippen LogP contribution is -2.36. The molecule has 1 heterocycles. The van der Waals surface area contributed by atoms with Crippen molar-refractivity contribution < 1.29 is 14.3 Å². The molecule has 0 unspecified atom stereocenters. The van der Waals surface area contributed by atoms with Crippen LogP contribution in [0.3, 0.4) is 0 Å². The highest BCUT2D eigenvalue weighted by molar-refractivity contribution is 5.72. The molecule has 0 spiro atoms. The maximum absolute atomic E-state index is 11.4. The van der Waals surface area contributed by atoms with Crippen molar-refractivity contribution in [1.82, 2.24) is 4.90 Å². The van der Waals surface area contributed by atoms with Gasteiger partial charge in [-0.25, -0.2) is 0 Å². The van der Waals surface area contributed by atoms with Crippen molar-refractivity contribution in [2.75, 3.05) is 40.0 Å². The van der Waals surface area contributed by atoms with Gasteiger partial charge in [0.1, 0.15) is 0 Å². The third-order valence-electron chi connectivity index (χ3n) is 4.21. The Morgan fingerprint density at radius 2 is 1.86 bits per heavy atom. The fraction of sp³-hybridized carbons (Fsp3) is 0.611. The highest BCUT2D eigenvalue weighted by Crippen LogP contribution is 2.13. The lowest BCUT2D eigenvalue weighted by molar-refractivity contribution is -0.144. The van der Waals surface area contributed by atoms with E-state index < -0.39 is 0 Å². The molecule has 1 aliphatic heterocycles. The topological polar surface area (TPSA) is 38.8 Å². The van der Waals surface area contributed by atoms with Crippen LogP contribution in [0.4, 0.5) is 0 Å². The molecule has 1 aromatic carbocycles. The summed E-state index contributed by atoms with van der Waals surface area (Å²) in [4.78, 5) is 13.9. The Kier molecular flexibility index (Phi) is 6.87. The minimum atomic E-state index is -0.144. The molecule has 1 aromatic rings. The van der Waals surface area contributed by atoms with Crippen molar-refractivity contribution in [3.8, 4) is 0 Å². The Labute approximate surface area is 133 Å². The molecule has 1 atom stereocenters. The minimum Gasteiger partial charge on any atom is -0.469 e. The molecule has 0 amide bonds.